The molecule has 0 unspecified atom stereocenters. The van der Waals surface area contributed by atoms with Crippen LogP contribution in [0.4, 0.5) is 0 Å². The Morgan fingerprint density at radius 2 is 0.686 bits per heavy atom. The summed E-state index contributed by atoms with van der Waals surface area (Å²) in [7, 11) is 0. The third-order valence-corrected chi connectivity index (χ3v) is 16.7. The molecule has 0 fully saturated rings. The molecule has 0 aliphatic carbocycles. The van der Waals surface area contributed by atoms with Gasteiger partial charge in [-0.05, 0) is 80.9 Å². The highest BCUT2D eigenvalue weighted by atomic mass is 32.1. The van der Waals surface area contributed by atoms with Crippen LogP contribution in [-0.2, 0) is 0 Å². The van der Waals surface area contributed by atoms with Crippen LogP contribution in [0.2, 0.25) is 0 Å². The molecule has 0 radical (unpaired) electrons. The quantitative estimate of drug-likeness (QED) is 0.166. The maximum absolute atomic E-state index is 9.80. The molecule has 0 saturated carbocycles. The van der Waals surface area contributed by atoms with Crippen molar-refractivity contribution in [1.29, 1.82) is 0 Å². The van der Waals surface area contributed by atoms with E-state index in [0.29, 0.717) is 54.7 Å². The molecule has 0 N–H and O–H groups in total. The van der Waals surface area contributed by atoms with E-state index >= 15 is 0 Å². The van der Waals surface area contributed by atoms with Crippen LogP contribution in [0.1, 0.15) is 24.7 Å². The van der Waals surface area contributed by atoms with Crippen molar-refractivity contribution in [2.45, 2.75) is 0 Å². The molecule has 2 nitrogen and oxygen atoms in total. The highest BCUT2D eigenvalue weighted by molar-refractivity contribution is 7.27. The second-order valence-electron chi connectivity index (χ2n) is 17.7. The highest BCUT2D eigenvalue weighted by Gasteiger charge is 2.28. The Morgan fingerprint density at radius 1 is 0.300 bits per heavy atom. The largest absolute Gasteiger partial charge is 0.308 e. The first-order chi connectivity index (χ1) is 42.2. The molecule has 0 aliphatic heterocycles. The van der Waals surface area contributed by atoms with Crippen LogP contribution in [0, 0.1) is 0 Å². The van der Waals surface area contributed by atoms with E-state index in [-0.39, 0.29) is 11.1 Å². The second kappa shape index (κ2) is 13.6. The van der Waals surface area contributed by atoms with Crippen molar-refractivity contribution in [2.24, 2.45) is 0 Å². The fourth-order valence-corrected chi connectivity index (χ4v) is 14.0. The van der Waals surface area contributed by atoms with Gasteiger partial charge in [0.2, 0.25) is 0 Å². The van der Waals surface area contributed by atoms with Crippen LogP contribution < -0.4 is 0 Å². The monoisotopic (exact) mass is 938 g/mol. The summed E-state index contributed by atoms with van der Waals surface area (Å²) in [6.07, 6.45) is 0. The molecule has 0 atom stereocenters. The lowest BCUT2D eigenvalue weighted by Gasteiger charge is -2.09. The predicted molar refractivity (Wildman–Crippen MR) is 303 cm³/mol. The molecule has 0 aliphatic rings. The molecule has 17 rings (SSSR count). The van der Waals surface area contributed by atoms with E-state index in [1.165, 1.54) is 0 Å². The smallest absolute Gasteiger partial charge is 0.0629 e. The van der Waals surface area contributed by atoms with Gasteiger partial charge in [0.25, 0.3) is 0 Å². The Labute approximate surface area is 433 Å². The molecule has 17 aromatic rings. The van der Waals surface area contributed by atoms with Gasteiger partial charge in [-0.25, -0.2) is 0 Å². The van der Waals surface area contributed by atoms with Crippen molar-refractivity contribution in [3.05, 3.63) is 218 Å². The van der Waals surface area contributed by atoms with E-state index < -0.39 is 131 Å². The molecule has 4 heteroatoms. The third-order valence-electron chi connectivity index (χ3n) is 14.3. The number of hydrogen-bond donors (Lipinski definition) is 0. The summed E-state index contributed by atoms with van der Waals surface area (Å²) < 4.78 is 171. The predicted octanol–water partition coefficient (Wildman–Crippen LogP) is 19.4. The molecule has 0 amide bonds. The molecule has 11 aromatic carbocycles. The van der Waals surface area contributed by atoms with Crippen molar-refractivity contribution >= 4 is 139 Å². The van der Waals surface area contributed by atoms with Gasteiger partial charge in [-0.15, -0.1) is 22.7 Å². The first kappa shape index (κ1) is 24.7. The minimum absolute atomic E-state index is 0.0675. The first-order valence-corrected chi connectivity index (χ1v) is 24.2. The maximum atomic E-state index is 9.80. The summed E-state index contributed by atoms with van der Waals surface area (Å²) in [5, 5.41) is 10.3. The van der Waals surface area contributed by atoms with Gasteiger partial charge >= 0.3 is 0 Å². The molecule has 70 heavy (non-hydrogen) atoms. The zero-order chi connectivity index (χ0) is 61.0. The summed E-state index contributed by atoms with van der Waals surface area (Å²) in [6.45, 7) is 0. The average Bonchev–Trinajstić information content (AvgIpc) is 1.53. The normalized spacial score (nSPS) is 16.2. The Hall–Kier alpha value is -8.54. The van der Waals surface area contributed by atoms with Crippen molar-refractivity contribution in [2.75, 3.05) is 0 Å². The van der Waals surface area contributed by atoms with Gasteiger partial charge in [-0.2, -0.15) is 0 Å². The molecular formula is C66H36N2S2. The molecule has 0 saturated heterocycles. The fourth-order valence-electron chi connectivity index (χ4n) is 11.4. The van der Waals surface area contributed by atoms with Crippen LogP contribution in [0.3, 0.4) is 0 Å². The number of thiophene rings is 2. The molecular weight excluding hydrogens is 885 g/mol. The summed E-state index contributed by atoms with van der Waals surface area (Å²) in [6, 6.07) is 25.4. The second-order valence-corrected chi connectivity index (χ2v) is 19.8. The Bertz CT molecular complexity index is 5680. The van der Waals surface area contributed by atoms with E-state index in [9.17, 15) is 11.0 Å². The number of benzene rings is 11. The maximum Gasteiger partial charge on any atom is 0.0629 e. The van der Waals surface area contributed by atoms with Crippen LogP contribution in [0.15, 0.2) is 218 Å². The molecule has 322 valence electrons. The number of nitrogens with zero attached hydrogens (tertiary/aromatic N) is 2. The number of hydrogen-bond acceptors (Lipinski definition) is 2. The fraction of sp³-hybridized carbons (Fsp3) is 0. The van der Waals surface area contributed by atoms with Crippen LogP contribution in [0.25, 0.3) is 161 Å². The summed E-state index contributed by atoms with van der Waals surface area (Å²) in [4.78, 5) is 0. The van der Waals surface area contributed by atoms with Crippen LogP contribution in [0.5, 0.6) is 0 Å². The van der Waals surface area contributed by atoms with E-state index in [4.69, 9.17) is 13.7 Å². The lowest BCUT2D eigenvalue weighted by molar-refractivity contribution is 1.36. The molecule has 0 spiro atoms. The third kappa shape index (κ3) is 4.81. The minimum Gasteiger partial charge on any atom is -0.308 e. The van der Waals surface area contributed by atoms with Crippen LogP contribution >= 0.6 is 22.7 Å². The number of aromatic nitrogens is 2. The Kier molecular flexibility index (Phi) is 4.78. The molecule has 6 heterocycles. The van der Waals surface area contributed by atoms with Gasteiger partial charge in [0.1, 0.15) is 0 Å². The molecule has 0 bridgehead atoms. The average molecular weight is 939 g/mol. The van der Waals surface area contributed by atoms with Gasteiger partial charge in [0.15, 0.2) is 0 Å². The zero-order valence-corrected chi connectivity index (χ0v) is 37.7. The highest BCUT2D eigenvalue weighted by Crippen LogP contribution is 2.52. The number of fused-ring (bicyclic) bond motifs is 20. The van der Waals surface area contributed by atoms with Gasteiger partial charge in [-0.1, -0.05) is 182 Å². The van der Waals surface area contributed by atoms with Crippen LogP contribution in [-0.4, -0.2) is 8.80 Å². The van der Waals surface area contributed by atoms with Gasteiger partial charge in [0.05, 0.1) is 57.8 Å². The van der Waals surface area contributed by atoms with E-state index in [0.717, 1.165) is 72.9 Å². The summed E-state index contributed by atoms with van der Waals surface area (Å²) >= 11 is 3.31. The topological polar surface area (TPSA) is 8.82 Å². The van der Waals surface area contributed by atoms with Crippen molar-refractivity contribution in [3.63, 3.8) is 0 Å². The number of rotatable bonds is 4. The first-order valence-electron chi connectivity index (χ1n) is 31.6. The Morgan fingerprint density at radius 3 is 1.13 bits per heavy atom. The minimum atomic E-state index is -0.678. The Balaban J connectivity index is 1.05. The van der Waals surface area contributed by atoms with Gasteiger partial charge in [0, 0.05) is 83.4 Å². The zero-order valence-electron chi connectivity index (χ0n) is 54.1. The SMILES string of the molecule is [2H]c1c([2H])c([2H])c(-c2c([2H])c([2H])c(-c3ccc4c5c6sc7ccccc7c6ccc5n5c6cc7c8c(-c9c([2H])c([2H])c(-c%10c([2H])c([2H])c([2H])c([2H])c%10[2H])c([2H])c9[2H])ccc9c%10c%11sc%12ccccc%12c%11ccc%10n(c7cc6c3c45)c98)c([2H])c2[2H])c([2H])c1[2H]. The lowest BCUT2D eigenvalue weighted by Crippen LogP contribution is -1.84. The van der Waals surface area contributed by atoms with Crippen molar-refractivity contribution < 1.29 is 24.7 Å². The van der Waals surface area contributed by atoms with Crippen molar-refractivity contribution in [3.8, 4) is 44.5 Å². The van der Waals surface area contributed by atoms with E-state index in [2.05, 4.69) is 57.3 Å². The standard InChI is InChI=1S/C66H36N2S2/c1-3-11-37(12-4-1)39-19-23-41(24-20-39)43-27-29-49-61-53(33-31-47-45-15-7-9-17-57(45)69-65(47)61)67-55-36-52-56(35-51(55)59(43)63(49)67)68-54-34-32-48-46-16-8-10-18-58(46)70-66(48)62(54)50-30-28-44(60(52)64(50)68)42-25-21-40(22-26-42)38-13-5-2-6-14-38/h1-36H/i1D,2D,3D,4D,5D,6D,11D,12D,13D,14D,19D,20D,21D,22D,23D,24D,25D,26D. The van der Waals surface area contributed by atoms with Crippen molar-refractivity contribution in [1.82, 2.24) is 8.80 Å². The van der Waals surface area contributed by atoms with E-state index in [1.54, 1.807) is 22.7 Å². The lowest BCUT2D eigenvalue weighted by atomic mass is 9.94. The molecule has 6 aromatic heterocycles. The van der Waals surface area contributed by atoms with Gasteiger partial charge < -0.3 is 8.80 Å². The summed E-state index contributed by atoms with van der Waals surface area (Å²) in [5.41, 5.74) is 3.26. The summed E-state index contributed by atoms with van der Waals surface area (Å²) in [5.74, 6) is 0. The van der Waals surface area contributed by atoms with Gasteiger partial charge in [-0.3, -0.25) is 0 Å². The van der Waals surface area contributed by atoms with E-state index in [1.807, 2.05) is 60.7 Å².